The number of amides is 2. The molecule has 0 saturated carbocycles. The molecule has 2 rings (SSSR count). The minimum Gasteiger partial charge on any atom is -0.492 e. The average Bonchev–Trinajstić information content (AvgIpc) is 2.48. The lowest BCUT2D eigenvalue weighted by Gasteiger charge is -2.09. The summed E-state index contributed by atoms with van der Waals surface area (Å²) in [6.45, 7) is 2.73. The minimum atomic E-state index is -0.253. The molecule has 21 heavy (non-hydrogen) atoms. The summed E-state index contributed by atoms with van der Waals surface area (Å²) in [6.07, 6.45) is 0. The monoisotopic (exact) mass is 304 g/mol. The third-order valence-corrected chi connectivity index (χ3v) is 3.24. The van der Waals surface area contributed by atoms with Crippen molar-refractivity contribution in [2.75, 3.05) is 18.5 Å². The van der Waals surface area contributed by atoms with Gasteiger partial charge in [0.2, 0.25) is 0 Å². The minimum absolute atomic E-state index is 0.253. The Labute approximate surface area is 129 Å². The molecule has 0 heterocycles. The van der Waals surface area contributed by atoms with Crippen LogP contribution < -0.4 is 15.4 Å². The normalized spacial score (nSPS) is 10.0. The second-order valence-electron chi connectivity index (χ2n) is 4.51. The van der Waals surface area contributed by atoms with Crippen molar-refractivity contribution >= 4 is 23.3 Å². The molecule has 2 amide bonds. The van der Waals surface area contributed by atoms with Gasteiger partial charge in [-0.15, -0.1) is 0 Å². The number of carbonyl (C=O) groups excluding carboxylic acids is 1. The zero-order valence-electron chi connectivity index (χ0n) is 11.7. The van der Waals surface area contributed by atoms with Crippen LogP contribution in [0.2, 0.25) is 5.02 Å². The molecular formula is C16H17ClN2O2. The summed E-state index contributed by atoms with van der Waals surface area (Å²) in [7, 11) is 0. The van der Waals surface area contributed by atoms with Crippen molar-refractivity contribution in [3.05, 3.63) is 59.1 Å². The van der Waals surface area contributed by atoms with Crippen LogP contribution in [-0.2, 0) is 0 Å². The summed E-state index contributed by atoms with van der Waals surface area (Å²) in [5.74, 6) is 0.738. The van der Waals surface area contributed by atoms with Crippen LogP contribution >= 0.6 is 11.6 Å². The van der Waals surface area contributed by atoms with E-state index in [0.29, 0.717) is 18.2 Å². The van der Waals surface area contributed by atoms with Gasteiger partial charge in [-0.05, 0) is 42.8 Å². The van der Waals surface area contributed by atoms with Crippen LogP contribution in [0.5, 0.6) is 5.75 Å². The Morgan fingerprint density at radius 1 is 1.19 bits per heavy atom. The van der Waals surface area contributed by atoms with Gasteiger partial charge in [0.25, 0.3) is 0 Å². The lowest BCUT2D eigenvalue weighted by atomic mass is 10.2. The van der Waals surface area contributed by atoms with Crippen LogP contribution in [0.1, 0.15) is 5.56 Å². The topological polar surface area (TPSA) is 50.4 Å². The molecule has 2 N–H and O–H groups in total. The van der Waals surface area contributed by atoms with Crippen LogP contribution in [-0.4, -0.2) is 19.2 Å². The fourth-order valence-corrected chi connectivity index (χ4v) is 1.85. The van der Waals surface area contributed by atoms with Crippen LogP contribution in [0.4, 0.5) is 10.5 Å². The summed E-state index contributed by atoms with van der Waals surface area (Å²) in [5, 5.41) is 6.17. The second-order valence-corrected chi connectivity index (χ2v) is 4.91. The maximum Gasteiger partial charge on any atom is 0.319 e. The number of nitrogens with one attached hydrogen (secondary N) is 2. The summed E-state index contributed by atoms with van der Waals surface area (Å²) in [5.41, 5.74) is 1.72. The van der Waals surface area contributed by atoms with Crippen LogP contribution in [0.3, 0.4) is 0 Å². The highest BCUT2D eigenvalue weighted by molar-refractivity contribution is 6.31. The van der Waals surface area contributed by atoms with E-state index in [1.165, 1.54) is 0 Å². The number of halogens is 1. The molecule has 5 heteroatoms. The maximum absolute atomic E-state index is 11.6. The fourth-order valence-electron chi connectivity index (χ4n) is 1.74. The highest BCUT2D eigenvalue weighted by Gasteiger charge is 2.01. The molecule has 4 nitrogen and oxygen atoms in total. The zero-order chi connectivity index (χ0) is 15.1. The number of para-hydroxylation sites is 1. The third kappa shape index (κ3) is 5.00. The first-order chi connectivity index (χ1) is 10.1. The smallest absolute Gasteiger partial charge is 0.319 e. The van der Waals surface area contributed by atoms with Gasteiger partial charge in [0, 0.05) is 10.7 Å². The lowest BCUT2D eigenvalue weighted by Crippen LogP contribution is -2.32. The van der Waals surface area contributed by atoms with Gasteiger partial charge in [0.15, 0.2) is 0 Å². The van der Waals surface area contributed by atoms with E-state index in [4.69, 9.17) is 16.3 Å². The van der Waals surface area contributed by atoms with Crippen molar-refractivity contribution in [2.24, 2.45) is 0 Å². The first-order valence-corrected chi connectivity index (χ1v) is 7.02. The first kappa shape index (κ1) is 15.2. The lowest BCUT2D eigenvalue weighted by molar-refractivity contribution is 0.247. The number of ether oxygens (including phenoxy) is 1. The molecule has 2 aromatic carbocycles. The Kier molecular flexibility index (Phi) is 5.46. The van der Waals surface area contributed by atoms with Gasteiger partial charge in [-0.25, -0.2) is 4.79 Å². The molecule has 0 atom stereocenters. The van der Waals surface area contributed by atoms with Gasteiger partial charge in [-0.1, -0.05) is 29.8 Å². The predicted octanol–water partition coefficient (Wildman–Crippen LogP) is 3.85. The van der Waals surface area contributed by atoms with Crippen LogP contribution in [0.25, 0.3) is 0 Å². The van der Waals surface area contributed by atoms with Crippen LogP contribution in [0, 0.1) is 6.92 Å². The van der Waals surface area contributed by atoms with E-state index >= 15 is 0 Å². The SMILES string of the molecule is Cc1cc(OCCNC(=O)Nc2ccccc2)ccc1Cl. The van der Waals surface area contributed by atoms with Crippen molar-refractivity contribution in [2.45, 2.75) is 6.92 Å². The fraction of sp³-hybridized carbons (Fsp3) is 0.188. The van der Waals surface area contributed by atoms with Crippen molar-refractivity contribution in [3.63, 3.8) is 0 Å². The molecule has 2 aromatic rings. The number of benzene rings is 2. The van der Waals surface area contributed by atoms with E-state index in [0.717, 1.165) is 17.0 Å². The summed E-state index contributed by atoms with van der Waals surface area (Å²) in [4.78, 5) is 11.6. The van der Waals surface area contributed by atoms with E-state index in [-0.39, 0.29) is 6.03 Å². The summed E-state index contributed by atoms with van der Waals surface area (Å²) >= 11 is 5.94. The molecule has 0 aromatic heterocycles. The van der Waals surface area contributed by atoms with Crippen molar-refractivity contribution in [3.8, 4) is 5.75 Å². The average molecular weight is 305 g/mol. The van der Waals surface area contributed by atoms with Crippen molar-refractivity contribution < 1.29 is 9.53 Å². The van der Waals surface area contributed by atoms with Crippen molar-refractivity contribution in [1.29, 1.82) is 0 Å². The van der Waals surface area contributed by atoms with Gasteiger partial charge < -0.3 is 15.4 Å². The Balaban J connectivity index is 1.69. The Morgan fingerprint density at radius 3 is 2.67 bits per heavy atom. The van der Waals surface area contributed by atoms with E-state index < -0.39 is 0 Å². The molecular weight excluding hydrogens is 288 g/mol. The van der Waals surface area contributed by atoms with E-state index in [1.54, 1.807) is 12.1 Å². The van der Waals surface area contributed by atoms with E-state index in [9.17, 15) is 4.79 Å². The predicted molar refractivity (Wildman–Crippen MR) is 85.1 cm³/mol. The van der Waals surface area contributed by atoms with Gasteiger partial charge >= 0.3 is 6.03 Å². The highest BCUT2D eigenvalue weighted by atomic mass is 35.5. The molecule has 0 fully saturated rings. The number of carbonyl (C=O) groups is 1. The number of hydrogen-bond donors (Lipinski definition) is 2. The van der Waals surface area contributed by atoms with Gasteiger partial charge in [0.05, 0.1) is 6.54 Å². The Hall–Kier alpha value is -2.20. The van der Waals surface area contributed by atoms with E-state index in [1.807, 2.05) is 43.3 Å². The number of rotatable bonds is 5. The number of urea groups is 1. The van der Waals surface area contributed by atoms with Crippen molar-refractivity contribution in [1.82, 2.24) is 5.32 Å². The summed E-state index contributed by atoms with van der Waals surface area (Å²) < 4.78 is 5.54. The number of hydrogen-bond acceptors (Lipinski definition) is 2. The molecule has 0 aliphatic heterocycles. The van der Waals surface area contributed by atoms with E-state index in [2.05, 4.69) is 10.6 Å². The quantitative estimate of drug-likeness (QED) is 0.824. The number of aryl methyl sites for hydroxylation is 1. The molecule has 0 radical (unpaired) electrons. The standard InChI is InChI=1S/C16H17ClN2O2/c1-12-11-14(7-8-15(12)17)21-10-9-18-16(20)19-13-5-3-2-4-6-13/h2-8,11H,9-10H2,1H3,(H2,18,19,20). The molecule has 110 valence electrons. The molecule has 0 aliphatic carbocycles. The Morgan fingerprint density at radius 2 is 1.95 bits per heavy atom. The molecule has 0 aliphatic rings. The van der Waals surface area contributed by atoms with Gasteiger partial charge in [0.1, 0.15) is 12.4 Å². The summed E-state index contributed by atoms with van der Waals surface area (Å²) in [6, 6.07) is 14.5. The Bertz CT molecular complexity index is 602. The largest absolute Gasteiger partial charge is 0.492 e. The zero-order valence-corrected chi connectivity index (χ0v) is 12.5. The molecule has 0 unspecified atom stereocenters. The highest BCUT2D eigenvalue weighted by Crippen LogP contribution is 2.20. The van der Waals surface area contributed by atoms with Gasteiger partial charge in [-0.2, -0.15) is 0 Å². The van der Waals surface area contributed by atoms with Crippen LogP contribution in [0.15, 0.2) is 48.5 Å². The van der Waals surface area contributed by atoms with Gasteiger partial charge in [-0.3, -0.25) is 0 Å². The molecule has 0 saturated heterocycles. The first-order valence-electron chi connectivity index (χ1n) is 6.64. The number of anilines is 1. The third-order valence-electron chi connectivity index (χ3n) is 2.82. The maximum atomic E-state index is 11.6. The second kappa shape index (κ2) is 7.55. The molecule has 0 bridgehead atoms. The molecule has 0 spiro atoms.